The van der Waals surface area contributed by atoms with Crippen LogP contribution < -0.4 is 5.32 Å². The summed E-state index contributed by atoms with van der Waals surface area (Å²) < 4.78 is 1.54. The van der Waals surface area contributed by atoms with E-state index in [4.69, 9.17) is 5.11 Å². The Bertz CT molecular complexity index is 392. The Morgan fingerprint density at radius 2 is 2.29 bits per heavy atom. The molecule has 2 N–H and O–H groups in total. The van der Waals surface area contributed by atoms with Gasteiger partial charge in [0, 0.05) is 13.6 Å². The Kier molecular flexibility index (Phi) is 3.55. The molecule has 7 nitrogen and oxygen atoms in total. The maximum atomic E-state index is 11.1. The fourth-order valence-electron chi connectivity index (χ4n) is 2.38. The summed E-state index contributed by atoms with van der Waals surface area (Å²) in [5.74, 6) is -0.178. The van der Waals surface area contributed by atoms with Crippen LogP contribution in [-0.2, 0) is 11.8 Å². The number of aryl methyl sites for hydroxylation is 1. The average Bonchev–Trinajstić information content (AvgIpc) is 2.72. The predicted molar refractivity (Wildman–Crippen MR) is 60.4 cm³/mol. The van der Waals surface area contributed by atoms with Crippen molar-refractivity contribution in [2.45, 2.75) is 25.7 Å². The molecule has 17 heavy (non-hydrogen) atoms. The lowest BCUT2D eigenvalue weighted by molar-refractivity contribution is -0.144. The summed E-state index contributed by atoms with van der Waals surface area (Å²) in [6.07, 6.45) is 3.85. The zero-order chi connectivity index (χ0) is 12.3. The van der Waals surface area contributed by atoms with Crippen LogP contribution in [-0.4, -0.2) is 37.8 Å². The van der Waals surface area contributed by atoms with E-state index in [9.17, 15) is 4.79 Å². The van der Waals surface area contributed by atoms with Gasteiger partial charge in [-0.15, -0.1) is 0 Å². The minimum atomic E-state index is -0.687. The number of hydrogen-bond acceptors (Lipinski definition) is 5. The molecule has 94 valence electrons. The zero-order valence-corrected chi connectivity index (χ0v) is 9.83. The summed E-state index contributed by atoms with van der Waals surface area (Å²) in [7, 11) is 1.75. The van der Waals surface area contributed by atoms with E-state index in [0.29, 0.717) is 12.5 Å². The largest absolute Gasteiger partial charge is 0.481 e. The number of carbonyl (C=O) groups is 1. The molecule has 1 heterocycles. The molecule has 7 heteroatoms. The lowest BCUT2D eigenvalue weighted by Gasteiger charge is -2.28. The van der Waals surface area contributed by atoms with Crippen LogP contribution in [0.1, 0.15) is 25.7 Å². The van der Waals surface area contributed by atoms with E-state index < -0.39 is 5.97 Å². The van der Waals surface area contributed by atoms with Gasteiger partial charge in [-0.1, -0.05) is 17.9 Å². The van der Waals surface area contributed by atoms with Gasteiger partial charge in [-0.2, -0.15) is 0 Å². The SMILES string of the molecule is Cn1nnnc1NCC1CCCCC1C(=O)O. The van der Waals surface area contributed by atoms with Crippen LogP contribution >= 0.6 is 0 Å². The zero-order valence-electron chi connectivity index (χ0n) is 9.83. The third-order valence-corrected chi connectivity index (χ3v) is 3.37. The van der Waals surface area contributed by atoms with E-state index >= 15 is 0 Å². The molecule has 0 aliphatic heterocycles. The monoisotopic (exact) mass is 239 g/mol. The van der Waals surface area contributed by atoms with Crippen molar-refractivity contribution in [3.8, 4) is 0 Å². The lowest BCUT2D eigenvalue weighted by atomic mass is 9.79. The van der Waals surface area contributed by atoms with Crippen molar-refractivity contribution < 1.29 is 9.90 Å². The smallest absolute Gasteiger partial charge is 0.306 e. The molecule has 0 bridgehead atoms. The van der Waals surface area contributed by atoms with Crippen molar-refractivity contribution in [1.82, 2.24) is 20.2 Å². The van der Waals surface area contributed by atoms with Gasteiger partial charge in [0.05, 0.1) is 5.92 Å². The third kappa shape index (κ3) is 2.72. The van der Waals surface area contributed by atoms with Crippen LogP contribution in [0.5, 0.6) is 0 Å². The number of nitrogens with one attached hydrogen (secondary N) is 1. The summed E-state index contributed by atoms with van der Waals surface area (Å²) in [5, 5.41) is 23.3. The normalized spacial score (nSPS) is 24.5. The molecule has 2 rings (SSSR count). The maximum absolute atomic E-state index is 11.1. The van der Waals surface area contributed by atoms with Gasteiger partial charge in [-0.05, 0) is 29.2 Å². The van der Waals surface area contributed by atoms with Gasteiger partial charge in [-0.25, -0.2) is 4.68 Å². The number of carboxylic acid groups (broad SMARTS) is 1. The Balaban J connectivity index is 1.92. The lowest BCUT2D eigenvalue weighted by Crippen LogP contribution is -2.32. The van der Waals surface area contributed by atoms with Crippen LogP contribution in [0.2, 0.25) is 0 Å². The molecule has 0 saturated heterocycles. The Morgan fingerprint density at radius 1 is 1.53 bits per heavy atom. The molecule has 1 aromatic heterocycles. The first kappa shape index (κ1) is 11.8. The van der Waals surface area contributed by atoms with E-state index in [-0.39, 0.29) is 11.8 Å². The molecule has 0 aromatic carbocycles. The fraction of sp³-hybridized carbons (Fsp3) is 0.800. The highest BCUT2D eigenvalue weighted by Crippen LogP contribution is 2.30. The number of aliphatic carboxylic acids is 1. The molecule has 0 amide bonds. The van der Waals surface area contributed by atoms with Gasteiger partial charge in [-0.3, -0.25) is 4.79 Å². The standard InChI is InChI=1S/C10H17N5O2/c1-15-10(12-13-14-15)11-6-7-4-2-3-5-8(7)9(16)17/h7-8H,2-6H2,1H3,(H,16,17)(H,11,12,14). The topological polar surface area (TPSA) is 92.9 Å². The molecular weight excluding hydrogens is 222 g/mol. The van der Waals surface area contributed by atoms with E-state index in [1.54, 1.807) is 11.7 Å². The highest BCUT2D eigenvalue weighted by Gasteiger charge is 2.30. The molecule has 1 saturated carbocycles. The van der Waals surface area contributed by atoms with E-state index in [2.05, 4.69) is 20.8 Å². The van der Waals surface area contributed by atoms with Crippen molar-refractivity contribution in [2.75, 3.05) is 11.9 Å². The molecule has 0 radical (unpaired) electrons. The molecule has 2 atom stereocenters. The van der Waals surface area contributed by atoms with Crippen molar-refractivity contribution in [2.24, 2.45) is 18.9 Å². The minimum Gasteiger partial charge on any atom is -0.481 e. The predicted octanol–water partition coefficient (Wildman–Crippen LogP) is 0.513. The van der Waals surface area contributed by atoms with Crippen molar-refractivity contribution >= 4 is 11.9 Å². The fourth-order valence-corrected chi connectivity index (χ4v) is 2.38. The van der Waals surface area contributed by atoms with Crippen molar-refractivity contribution in [1.29, 1.82) is 0 Å². The van der Waals surface area contributed by atoms with E-state index in [1.807, 2.05) is 0 Å². The number of rotatable bonds is 4. The molecule has 2 unspecified atom stereocenters. The number of aromatic nitrogens is 4. The second-order valence-electron chi connectivity index (χ2n) is 4.50. The Morgan fingerprint density at radius 3 is 2.94 bits per heavy atom. The molecule has 1 aromatic rings. The summed E-state index contributed by atoms with van der Waals surface area (Å²) in [4.78, 5) is 11.1. The van der Waals surface area contributed by atoms with Crippen LogP contribution in [0.4, 0.5) is 5.95 Å². The molecule has 1 aliphatic rings. The Hall–Kier alpha value is -1.66. The van der Waals surface area contributed by atoms with E-state index in [0.717, 1.165) is 25.7 Å². The number of anilines is 1. The van der Waals surface area contributed by atoms with Crippen LogP contribution in [0.25, 0.3) is 0 Å². The minimum absolute atomic E-state index is 0.165. The number of nitrogens with zero attached hydrogens (tertiary/aromatic N) is 4. The van der Waals surface area contributed by atoms with Crippen molar-refractivity contribution in [3.05, 3.63) is 0 Å². The molecule has 1 fully saturated rings. The maximum Gasteiger partial charge on any atom is 0.306 e. The van der Waals surface area contributed by atoms with Gasteiger partial charge in [0.1, 0.15) is 0 Å². The number of tetrazole rings is 1. The van der Waals surface area contributed by atoms with Gasteiger partial charge < -0.3 is 10.4 Å². The third-order valence-electron chi connectivity index (χ3n) is 3.37. The number of hydrogen-bond donors (Lipinski definition) is 2. The van der Waals surface area contributed by atoms with Crippen molar-refractivity contribution in [3.63, 3.8) is 0 Å². The van der Waals surface area contributed by atoms with Gasteiger partial charge in [0.2, 0.25) is 5.95 Å². The summed E-state index contributed by atoms with van der Waals surface area (Å²) in [6, 6.07) is 0. The second-order valence-corrected chi connectivity index (χ2v) is 4.50. The second kappa shape index (κ2) is 5.11. The first-order chi connectivity index (χ1) is 8.18. The first-order valence-corrected chi connectivity index (χ1v) is 5.87. The summed E-state index contributed by atoms with van der Waals surface area (Å²) >= 11 is 0. The summed E-state index contributed by atoms with van der Waals surface area (Å²) in [6.45, 7) is 0.616. The van der Waals surface area contributed by atoms with Gasteiger partial charge >= 0.3 is 5.97 Å². The van der Waals surface area contributed by atoms with Gasteiger partial charge in [0.25, 0.3) is 0 Å². The molecule has 0 spiro atoms. The van der Waals surface area contributed by atoms with Gasteiger partial charge in [0.15, 0.2) is 0 Å². The quantitative estimate of drug-likeness (QED) is 0.795. The highest BCUT2D eigenvalue weighted by atomic mass is 16.4. The van der Waals surface area contributed by atoms with Crippen LogP contribution in [0, 0.1) is 11.8 Å². The average molecular weight is 239 g/mol. The number of carboxylic acids is 1. The summed E-state index contributed by atoms with van der Waals surface area (Å²) in [5.41, 5.74) is 0. The van der Waals surface area contributed by atoms with Crippen LogP contribution in [0.3, 0.4) is 0 Å². The first-order valence-electron chi connectivity index (χ1n) is 5.87. The van der Waals surface area contributed by atoms with Crippen LogP contribution in [0.15, 0.2) is 0 Å². The molecule has 1 aliphatic carbocycles. The Labute approximate surface area is 99.2 Å². The highest BCUT2D eigenvalue weighted by molar-refractivity contribution is 5.70. The van der Waals surface area contributed by atoms with E-state index in [1.165, 1.54) is 0 Å². The molecular formula is C10H17N5O2.